The molecule has 0 aromatic heterocycles. The van der Waals surface area contributed by atoms with Crippen LogP contribution in [0.15, 0.2) is 5.11 Å². The Bertz CT molecular complexity index is 652. The van der Waals surface area contributed by atoms with Gasteiger partial charge >= 0.3 is 6.09 Å². The smallest absolute Gasteiger partial charge is 0.410 e. The predicted molar refractivity (Wildman–Crippen MR) is 123 cm³/mol. The third-order valence-corrected chi connectivity index (χ3v) is 4.99. The molecule has 1 aliphatic rings. The van der Waals surface area contributed by atoms with Gasteiger partial charge in [-0.15, -0.1) is 0 Å². The highest BCUT2D eigenvalue weighted by atomic mass is 16.6. The molecule has 0 unspecified atom stereocenters. The van der Waals surface area contributed by atoms with Crippen LogP contribution in [-0.2, 0) is 23.7 Å². The van der Waals surface area contributed by atoms with E-state index in [9.17, 15) is 9.59 Å². The van der Waals surface area contributed by atoms with Gasteiger partial charge in [-0.2, -0.15) is 0 Å². The molecular formula is C21H40N6O6. The van der Waals surface area contributed by atoms with E-state index in [1.54, 1.807) is 19.0 Å². The largest absolute Gasteiger partial charge is 0.444 e. The van der Waals surface area contributed by atoms with E-state index in [1.165, 1.54) is 4.90 Å². The van der Waals surface area contributed by atoms with E-state index < -0.39 is 5.60 Å². The molecule has 0 saturated carbocycles. The molecule has 0 N–H and O–H groups in total. The summed E-state index contributed by atoms with van der Waals surface area (Å²) in [5.41, 5.74) is 8.05. The monoisotopic (exact) mass is 472 g/mol. The maximum Gasteiger partial charge on any atom is 0.410 e. The molecule has 12 nitrogen and oxygen atoms in total. The Balaban J connectivity index is 2.01. The van der Waals surface area contributed by atoms with Crippen molar-refractivity contribution < 1.29 is 28.5 Å². The fourth-order valence-electron chi connectivity index (χ4n) is 3.16. The lowest BCUT2D eigenvalue weighted by atomic mass is 10.1. The Kier molecular flexibility index (Phi) is 13.1. The van der Waals surface area contributed by atoms with Crippen LogP contribution in [0, 0.1) is 0 Å². The Labute approximate surface area is 196 Å². The van der Waals surface area contributed by atoms with Crippen molar-refractivity contribution in [3.8, 4) is 0 Å². The van der Waals surface area contributed by atoms with Crippen LogP contribution in [0.4, 0.5) is 4.79 Å². The molecule has 1 aliphatic heterocycles. The van der Waals surface area contributed by atoms with Crippen LogP contribution in [0.25, 0.3) is 10.4 Å². The molecule has 1 rings (SSSR count). The summed E-state index contributed by atoms with van der Waals surface area (Å²) in [5.74, 6) is 0.00227. The number of carbonyl (C=O) groups excluding carboxylic acids is 2. The van der Waals surface area contributed by atoms with Crippen molar-refractivity contribution >= 4 is 12.0 Å². The van der Waals surface area contributed by atoms with E-state index in [4.69, 9.17) is 24.5 Å². The Morgan fingerprint density at radius 3 is 2.03 bits per heavy atom. The summed E-state index contributed by atoms with van der Waals surface area (Å²) in [6, 6.07) is -0.427. The van der Waals surface area contributed by atoms with Crippen molar-refractivity contribution in [2.75, 3.05) is 80.4 Å². The minimum Gasteiger partial charge on any atom is -0.444 e. The number of likely N-dealkylation sites (N-methyl/N-ethyl adjacent to an activating group) is 3. The number of azide groups is 1. The SMILES string of the molecule is CN(CCOCCOCCOCCN(C)C(=O)[C@@H]1C[C@H](N=[N+]=[N-])CN1C)C(=O)OC(C)(C)C. The first-order valence-electron chi connectivity index (χ1n) is 11.2. The fourth-order valence-corrected chi connectivity index (χ4v) is 3.16. The average molecular weight is 473 g/mol. The molecule has 0 spiro atoms. The maximum absolute atomic E-state index is 12.6. The minimum atomic E-state index is -0.516. The molecule has 1 heterocycles. The lowest BCUT2D eigenvalue weighted by Gasteiger charge is -2.25. The molecule has 0 aromatic carbocycles. The van der Waals surface area contributed by atoms with Crippen molar-refractivity contribution in [3.63, 3.8) is 0 Å². The van der Waals surface area contributed by atoms with Crippen LogP contribution >= 0.6 is 0 Å². The Morgan fingerprint density at radius 1 is 1.00 bits per heavy atom. The van der Waals surface area contributed by atoms with Gasteiger partial charge in [-0.3, -0.25) is 9.69 Å². The van der Waals surface area contributed by atoms with Gasteiger partial charge in [-0.05, 0) is 39.8 Å². The first kappa shape index (κ1) is 28.9. The van der Waals surface area contributed by atoms with Gasteiger partial charge in [0.15, 0.2) is 0 Å². The van der Waals surface area contributed by atoms with Gasteiger partial charge in [0, 0.05) is 38.6 Å². The van der Waals surface area contributed by atoms with E-state index in [2.05, 4.69) is 10.0 Å². The molecule has 0 aromatic rings. The zero-order chi connectivity index (χ0) is 24.9. The van der Waals surface area contributed by atoms with Crippen molar-refractivity contribution in [2.45, 2.75) is 44.9 Å². The number of carbonyl (C=O) groups is 2. The summed E-state index contributed by atoms with van der Waals surface area (Å²) in [6.07, 6.45) is 0.164. The van der Waals surface area contributed by atoms with Gasteiger partial charge in [-0.1, -0.05) is 5.11 Å². The van der Waals surface area contributed by atoms with E-state index in [0.717, 1.165) is 0 Å². The van der Waals surface area contributed by atoms with Crippen molar-refractivity contribution in [1.82, 2.24) is 14.7 Å². The van der Waals surface area contributed by atoms with E-state index in [1.807, 2.05) is 32.7 Å². The third-order valence-electron chi connectivity index (χ3n) is 4.99. The van der Waals surface area contributed by atoms with Crippen LogP contribution in [0.5, 0.6) is 0 Å². The summed E-state index contributed by atoms with van der Waals surface area (Å²) in [6.45, 7) is 9.49. The molecule has 2 amide bonds. The predicted octanol–water partition coefficient (Wildman–Crippen LogP) is 1.74. The molecule has 0 bridgehead atoms. The standard InChI is InChI=1S/C21H40N6O6/c1-21(2,3)33-20(29)26(5)8-10-31-12-14-32-13-11-30-9-7-25(4)19(28)18-15-17(23-24-22)16-27(18)6/h17-18H,7-16H2,1-6H3/t17-,18-/m0/s1. The van der Waals surface area contributed by atoms with Gasteiger partial charge < -0.3 is 28.7 Å². The highest BCUT2D eigenvalue weighted by Crippen LogP contribution is 2.20. The Hall–Kier alpha value is -2.11. The summed E-state index contributed by atoms with van der Waals surface area (Å²) in [7, 11) is 5.27. The van der Waals surface area contributed by atoms with E-state index in [0.29, 0.717) is 65.7 Å². The van der Waals surface area contributed by atoms with Crippen molar-refractivity contribution in [3.05, 3.63) is 10.4 Å². The highest BCUT2D eigenvalue weighted by Gasteiger charge is 2.35. The van der Waals surface area contributed by atoms with Gasteiger partial charge in [0.25, 0.3) is 0 Å². The normalized spacial score (nSPS) is 18.6. The fraction of sp³-hybridized carbons (Fsp3) is 0.905. The molecule has 2 atom stereocenters. The Morgan fingerprint density at radius 2 is 1.52 bits per heavy atom. The second-order valence-electron chi connectivity index (χ2n) is 9.05. The molecule has 1 saturated heterocycles. The summed E-state index contributed by atoms with van der Waals surface area (Å²) in [4.78, 5) is 32.3. The highest BCUT2D eigenvalue weighted by molar-refractivity contribution is 5.82. The topological polar surface area (TPSA) is 130 Å². The van der Waals surface area contributed by atoms with Crippen LogP contribution in [0.3, 0.4) is 0 Å². The molecule has 12 heteroatoms. The van der Waals surface area contributed by atoms with E-state index >= 15 is 0 Å². The number of ether oxygens (including phenoxy) is 4. The summed E-state index contributed by atoms with van der Waals surface area (Å²) in [5, 5.41) is 3.72. The summed E-state index contributed by atoms with van der Waals surface area (Å²) < 4.78 is 21.7. The second-order valence-corrected chi connectivity index (χ2v) is 9.05. The number of rotatable bonds is 14. The second kappa shape index (κ2) is 14.9. The first-order valence-corrected chi connectivity index (χ1v) is 11.2. The van der Waals surface area contributed by atoms with Crippen LogP contribution < -0.4 is 0 Å². The van der Waals surface area contributed by atoms with E-state index in [-0.39, 0.29) is 24.1 Å². The third kappa shape index (κ3) is 12.1. The zero-order valence-electron chi connectivity index (χ0n) is 20.9. The number of hydrogen-bond donors (Lipinski definition) is 0. The average Bonchev–Trinajstić information content (AvgIpc) is 3.10. The van der Waals surface area contributed by atoms with Crippen LogP contribution in [0.2, 0.25) is 0 Å². The maximum atomic E-state index is 12.6. The van der Waals surface area contributed by atoms with Crippen molar-refractivity contribution in [1.29, 1.82) is 0 Å². The minimum absolute atomic E-state index is 0.00227. The van der Waals surface area contributed by atoms with Crippen LogP contribution in [0.1, 0.15) is 27.2 Å². The number of amides is 2. The zero-order valence-corrected chi connectivity index (χ0v) is 20.9. The van der Waals surface area contributed by atoms with Gasteiger partial charge in [0.2, 0.25) is 5.91 Å². The van der Waals surface area contributed by atoms with Gasteiger partial charge in [0.1, 0.15) is 5.60 Å². The van der Waals surface area contributed by atoms with Gasteiger partial charge in [-0.25, -0.2) is 4.79 Å². The first-order chi connectivity index (χ1) is 15.5. The molecule has 0 aliphatic carbocycles. The molecule has 190 valence electrons. The molecular weight excluding hydrogens is 432 g/mol. The molecule has 33 heavy (non-hydrogen) atoms. The number of nitrogens with zero attached hydrogens (tertiary/aromatic N) is 6. The van der Waals surface area contributed by atoms with Gasteiger partial charge in [0.05, 0.1) is 51.7 Å². The molecule has 0 radical (unpaired) electrons. The number of likely N-dealkylation sites (tertiary alicyclic amines) is 1. The summed E-state index contributed by atoms with van der Waals surface area (Å²) >= 11 is 0. The number of hydrogen-bond acceptors (Lipinski definition) is 8. The molecule has 1 fully saturated rings. The van der Waals surface area contributed by atoms with Crippen molar-refractivity contribution in [2.24, 2.45) is 5.11 Å². The lowest BCUT2D eigenvalue weighted by molar-refractivity contribution is -0.135. The van der Waals surface area contributed by atoms with Crippen LogP contribution in [-0.4, -0.2) is 125 Å². The quantitative estimate of drug-likeness (QED) is 0.163. The lowest BCUT2D eigenvalue weighted by Crippen LogP contribution is -2.43.